The summed E-state index contributed by atoms with van der Waals surface area (Å²) in [7, 11) is -2.45. The van der Waals surface area contributed by atoms with E-state index in [1.54, 1.807) is 24.3 Å². The Morgan fingerprint density at radius 1 is 1.12 bits per heavy atom. The first-order valence-corrected chi connectivity index (χ1v) is 8.60. The van der Waals surface area contributed by atoms with E-state index in [-0.39, 0.29) is 5.75 Å². The molecule has 0 saturated heterocycles. The van der Waals surface area contributed by atoms with Crippen molar-refractivity contribution in [3.05, 3.63) is 70.4 Å². The van der Waals surface area contributed by atoms with Gasteiger partial charge in [0.25, 0.3) is 5.91 Å². The average Bonchev–Trinajstić information content (AvgIpc) is 2.54. The van der Waals surface area contributed by atoms with Crippen molar-refractivity contribution < 1.29 is 22.3 Å². The lowest BCUT2D eigenvalue weighted by Gasteiger charge is -2.07. The fourth-order valence-electron chi connectivity index (χ4n) is 2.04. The van der Waals surface area contributed by atoms with Crippen LogP contribution in [0.25, 0.3) is 6.08 Å². The molecule has 0 aliphatic rings. The molecular weight excluding hydrogens is 333 g/mol. The highest BCUT2D eigenvalue weighted by atomic mass is 32.2. The van der Waals surface area contributed by atoms with E-state index in [9.17, 15) is 17.6 Å². The predicted molar refractivity (Wildman–Crippen MR) is 89.2 cm³/mol. The highest BCUT2D eigenvalue weighted by Gasteiger charge is 2.23. The van der Waals surface area contributed by atoms with Gasteiger partial charge in [-0.15, -0.1) is 0 Å². The molecule has 0 fully saturated rings. The molecule has 2 aromatic carbocycles. The molecule has 7 heteroatoms. The summed E-state index contributed by atoms with van der Waals surface area (Å²) in [4.78, 5) is 11.1. The van der Waals surface area contributed by atoms with Crippen LogP contribution >= 0.6 is 0 Å². The SMILES string of the molecule is COc1ccc(CS(=O)(=O)/C(=C/c2ccc(F)cc2)C(N)=O)cc1. The summed E-state index contributed by atoms with van der Waals surface area (Å²) in [6.07, 6.45) is 1.14. The molecule has 2 rings (SSSR count). The van der Waals surface area contributed by atoms with E-state index in [0.717, 1.165) is 6.08 Å². The van der Waals surface area contributed by atoms with Crippen LogP contribution in [-0.2, 0) is 20.4 Å². The second-order valence-electron chi connectivity index (χ2n) is 5.03. The maximum Gasteiger partial charge on any atom is 0.260 e. The van der Waals surface area contributed by atoms with Gasteiger partial charge in [-0.2, -0.15) is 0 Å². The number of carbonyl (C=O) groups excluding carboxylic acids is 1. The van der Waals surface area contributed by atoms with Gasteiger partial charge < -0.3 is 10.5 Å². The van der Waals surface area contributed by atoms with Crippen LogP contribution in [-0.4, -0.2) is 21.4 Å². The minimum absolute atomic E-state index is 0.364. The second-order valence-corrected chi connectivity index (χ2v) is 6.99. The maximum absolute atomic E-state index is 12.9. The highest BCUT2D eigenvalue weighted by molar-refractivity contribution is 7.95. The van der Waals surface area contributed by atoms with Gasteiger partial charge in [0.15, 0.2) is 9.84 Å². The van der Waals surface area contributed by atoms with Gasteiger partial charge in [-0.1, -0.05) is 24.3 Å². The maximum atomic E-state index is 12.9. The molecule has 1 amide bonds. The summed E-state index contributed by atoms with van der Waals surface area (Å²) in [5.41, 5.74) is 6.07. The number of primary amides is 1. The summed E-state index contributed by atoms with van der Waals surface area (Å²) in [6.45, 7) is 0. The molecule has 0 saturated carbocycles. The molecule has 2 N–H and O–H groups in total. The Balaban J connectivity index is 2.34. The van der Waals surface area contributed by atoms with E-state index in [2.05, 4.69) is 0 Å². The van der Waals surface area contributed by atoms with Gasteiger partial charge in [0, 0.05) is 0 Å². The normalized spacial score (nSPS) is 12.0. The lowest BCUT2D eigenvalue weighted by atomic mass is 10.2. The van der Waals surface area contributed by atoms with Crippen molar-refractivity contribution in [2.75, 3.05) is 7.11 Å². The number of carbonyl (C=O) groups is 1. The van der Waals surface area contributed by atoms with Crippen LogP contribution in [0.3, 0.4) is 0 Å². The summed E-state index contributed by atoms with van der Waals surface area (Å²) < 4.78 is 42.9. The fourth-order valence-corrected chi connectivity index (χ4v) is 3.45. The number of methoxy groups -OCH3 is 1. The summed E-state index contributed by atoms with van der Waals surface area (Å²) >= 11 is 0. The van der Waals surface area contributed by atoms with Crippen molar-refractivity contribution in [3.8, 4) is 5.75 Å². The van der Waals surface area contributed by atoms with Crippen LogP contribution < -0.4 is 10.5 Å². The number of halogens is 1. The Kier molecular flexibility index (Phi) is 5.35. The van der Waals surface area contributed by atoms with Gasteiger partial charge in [0.2, 0.25) is 0 Å². The average molecular weight is 349 g/mol. The highest BCUT2D eigenvalue weighted by Crippen LogP contribution is 2.20. The third-order valence-corrected chi connectivity index (χ3v) is 4.96. The van der Waals surface area contributed by atoms with Crippen molar-refractivity contribution >= 4 is 21.8 Å². The van der Waals surface area contributed by atoms with Crippen molar-refractivity contribution in [2.24, 2.45) is 5.73 Å². The third-order valence-electron chi connectivity index (χ3n) is 3.26. The molecule has 24 heavy (non-hydrogen) atoms. The number of benzene rings is 2. The number of rotatable bonds is 6. The van der Waals surface area contributed by atoms with Gasteiger partial charge in [-0.25, -0.2) is 12.8 Å². The van der Waals surface area contributed by atoms with E-state index in [1.165, 1.54) is 31.4 Å². The molecule has 0 spiro atoms. The molecule has 0 aliphatic carbocycles. The van der Waals surface area contributed by atoms with Crippen molar-refractivity contribution in [3.63, 3.8) is 0 Å². The topological polar surface area (TPSA) is 86.5 Å². The third kappa shape index (κ3) is 4.42. The largest absolute Gasteiger partial charge is 0.497 e. The minimum Gasteiger partial charge on any atom is -0.497 e. The first-order valence-electron chi connectivity index (χ1n) is 6.94. The van der Waals surface area contributed by atoms with E-state index in [0.29, 0.717) is 16.9 Å². The lowest BCUT2D eigenvalue weighted by molar-refractivity contribution is -0.113. The molecule has 0 aliphatic heterocycles. The Hall–Kier alpha value is -2.67. The lowest BCUT2D eigenvalue weighted by Crippen LogP contribution is -2.22. The van der Waals surface area contributed by atoms with Crippen LogP contribution in [0.2, 0.25) is 0 Å². The summed E-state index contributed by atoms with van der Waals surface area (Å²) in [6, 6.07) is 11.5. The zero-order valence-corrected chi connectivity index (χ0v) is 13.7. The van der Waals surface area contributed by atoms with Gasteiger partial charge in [-0.3, -0.25) is 4.79 Å². The van der Waals surface area contributed by atoms with Crippen LogP contribution in [0, 0.1) is 5.82 Å². The second kappa shape index (κ2) is 7.27. The Labute approximate surface area is 139 Å². The first-order chi connectivity index (χ1) is 11.3. The number of amides is 1. The van der Waals surface area contributed by atoms with E-state index in [4.69, 9.17) is 10.5 Å². The predicted octanol–water partition coefficient (Wildman–Crippen LogP) is 2.28. The standard InChI is InChI=1S/C17H16FNO4S/c1-23-15-8-4-13(5-9-15)11-24(21,22)16(17(19)20)10-12-2-6-14(18)7-3-12/h2-10H,11H2,1H3,(H2,19,20)/b16-10+. The van der Waals surface area contributed by atoms with Crippen LogP contribution in [0.5, 0.6) is 5.75 Å². The van der Waals surface area contributed by atoms with Crippen LogP contribution in [0.15, 0.2) is 53.4 Å². The molecule has 0 aromatic heterocycles. The molecule has 126 valence electrons. The zero-order chi connectivity index (χ0) is 17.7. The van der Waals surface area contributed by atoms with Gasteiger partial charge in [0.1, 0.15) is 16.5 Å². The first kappa shape index (κ1) is 17.7. The number of sulfone groups is 1. The van der Waals surface area contributed by atoms with E-state index >= 15 is 0 Å². The zero-order valence-electron chi connectivity index (χ0n) is 12.9. The van der Waals surface area contributed by atoms with Crippen molar-refractivity contribution in [2.45, 2.75) is 5.75 Å². The monoisotopic (exact) mass is 349 g/mol. The van der Waals surface area contributed by atoms with Gasteiger partial charge in [0.05, 0.1) is 12.9 Å². The van der Waals surface area contributed by atoms with Crippen LogP contribution in [0.1, 0.15) is 11.1 Å². The number of hydrogen-bond donors (Lipinski definition) is 1. The Morgan fingerprint density at radius 2 is 1.71 bits per heavy atom. The molecule has 5 nitrogen and oxygen atoms in total. The number of ether oxygens (including phenoxy) is 1. The molecule has 0 radical (unpaired) electrons. The Bertz CT molecular complexity index is 856. The summed E-state index contributed by atoms with van der Waals surface area (Å²) in [5, 5.41) is 0. The van der Waals surface area contributed by atoms with Crippen LogP contribution in [0.4, 0.5) is 4.39 Å². The van der Waals surface area contributed by atoms with E-state index in [1.807, 2.05) is 0 Å². The minimum atomic E-state index is -3.95. The van der Waals surface area contributed by atoms with Crippen molar-refractivity contribution in [1.29, 1.82) is 0 Å². The molecule has 0 heterocycles. The van der Waals surface area contributed by atoms with Gasteiger partial charge in [-0.05, 0) is 41.5 Å². The molecular formula is C17H16FNO4S. The summed E-state index contributed by atoms with van der Waals surface area (Å²) in [5.74, 6) is -1.32. The molecule has 0 unspecified atom stereocenters. The van der Waals surface area contributed by atoms with Crippen molar-refractivity contribution in [1.82, 2.24) is 0 Å². The Morgan fingerprint density at radius 3 is 2.21 bits per heavy atom. The van der Waals surface area contributed by atoms with E-state index < -0.39 is 26.5 Å². The van der Waals surface area contributed by atoms with Gasteiger partial charge >= 0.3 is 0 Å². The molecule has 2 aromatic rings. The molecule has 0 atom stereocenters. The fraction of sp³-hybridized carbons (Fsp3) is 0.118. The quantitative estimate of drug-likeness (QED) is 0.811. The smallest absolute Gasteiger partial charge is 0.260 e. The number of hydrogen-bond acceptors (Lipinski definition) is 4. The molecule has 0 bridgehead atoms. The number of nitrogens with two attached hydrogens (primary N) is 1.